The standard InChI is InChI=1S/C18H19N3O3/c1-2-13-3-5-15(6-4-13)21-12-16(24-18(21)23)11-20-17(22)14-7-9-19-10-8-14/h3-10,16H,2,11-12H2,1H3,(H,20,22). The summed E-state index contributed by atoms with van der Waals surface area (Å²) in [6.45, 7) is 2.78. The lowest BCUT2D eigenvalue weighted by atomic mass is 10.1. The number of aryl methyl sites for hydroxylation is 1. The molecule has 1 unspecified atom stereocenters. The second-order valence-corrected chi connectivity index (χ2v) is 5.58. The second kappa shape index (κ2) is 7.12. The fourth-order valence-corrected chi connectivity index (χ4v) is 2.56. The van der Waals surface area contributed by atoms with Gasteiger partial charge >= 0.3 is 6.09 Å². The van der Waals surface area contributed by atoms with Gasteiger partial charge in [-0.1, -0.05) is 19.1 Å². The SMILES string of the molecule is CCc1ccc(N2CC(CNC(=O)c3ccncc3)OC2=O)cc1. The average Bonchev–Trinajstić information content (AvgIpc) is 3.01. The zero-order valence-electron chi connectivity index (χ0n) is 13.4. The van der Waals surface area contributed by atoms with E-state index in [1.54, 1.807) is 29.4 Å². The van der Waals surface area contributed by atoms with Gasteiger partial charge in [0.15, 0.2) is 0 Å². The maximum Gasteiger partial charge on any atom is 0.414 e. The molecule has 1 atom stereocenters. The summed E-state index contributed by atoms with van der Waals surface area (Å²) >= 11 is 0. The fourth-order valence-electron chi connectivity index (χ4n) is 2.56. The predicted octanol–water partition coefficient (Wildman–Crippen LogP) is 2.40. The van der Waals surface area contributed by atoms with Crippen LogP contribution in [0.1, 0.15) is 22.8 Å². The van der Waals surface area contributed by atoms with Gasteiger partial charge in [-0.3, -0.25) is 14.7 Å². The Morgan fingerprint density at radius 1 is 1.25 bits per heavy atom. The normalized spacial score (nSPS) is 16.8. The molecule has 24 heavy (non-hydrogen) atoms. The maximum atomic E-state index is 12.0. The van der Waals surface area contributed by atoms with Gasteiger partial charge in [0.05, 0.1) is 13.1 Å². The minimum absolute atomic E-state index is 0.209. The molecule has 1 N–H and O–H groups in total. The van der Waals surface area contributed by atoms with Crippen molar-refractivity contribution in [3.63, 3.8) is 0 Å². The molecule has 2 aromatic rings. The number of carbonyl (C=O) groups excluding carboxylic acids is 2. The number of nitrogens with one attached hydrogen (secondary N) is 1. The number of ether oxygens (including phenoxy) is 1. The predicted molar refractivity (Wildman–Crippen MR) is 90.0 cm³/mol. The molecule has 0 aliphatic carbocycles. The van der Waals surface area contributed by atoms with E-state index in [9.17, 15) is 9.59 Å². The molecule has 2 amide bonds. The van der Waals surface area contributed by atoms with Crippen molar-refractivity contribution in [2.75, 3.05) is 18.0 Å². The lowest BCUT2D eigenvalue weighted by Crippen LogP contribution is -2.34. The molecule has 3 rings (SSSR count). The third-order valence-electron chi connectivity index (χ3n) is 3.96. The number of nitrogens with zero attached hydrogens (tertiary/aromatic N) is 2. The van der Waals surface area contributed by atoms with Gasteiger partial charge in [-0.15, -0.1) is 0 Å². The van der Waals surface area contributed by atoms with Gasteiger partial charge in [0.2, 0.25) is 0 Å². The van der Waals surface area contributed by atoms with Crippen LogP contribution >= 0.6 is 0 Å². The zero-order chi connectivity index (χ0) is 16.9. The van der Waals surface area contributed by atoms with Crippen LogP contribution in [0.2, 0.25) is 0 Å². The Bertz CT molecular complexity index is 716. The van der Waals surface area contributed by atoms with Crippen molar-refractivity contribution >= 4 is 17.7 Å². The van der Waals surface area contributed by atoms with Gasteiger partial charge in [-0.05, 0) is 36.2 Å². The minimum atomic E-state index is -0.387. The Labute approximate surface area is 140 Å². The molecule has 0 radical (unpaired) electrons. The number of pyridine rings is 1. The molecule has 1 aromatic carbocycles. The van der Waals surface area contributed by atoms with Crippen molar-refractivity contribution < 1.29 is 14.3 Å². The molecule has 6 heteroatoms. The van der Waals surface area contributed by atoms with Crippen molar-refractivity contribution in [2.24, 2.45) is 0 Å². The van der Waals surface area contributed by atoms with Gasteiger partial charge in [0.25, 0.3) is 5.91 Å². The maximum absolute atomic E-state index is 12.0. The zero-order valence-corrected chi connectivity index (χ0v) is 13.4. The largest absolute Gasteiger partial charge is 0.442 e. The molecule has 0 spiro atoms. The molecule has 1 aromatic heterocycles. The van der Waals surface area contributed by atoms with E-state index in [-0.39, 0.29) is 24.6 Å². The smallest absolute Gasteiger partial charge is 0.414 e. The van der Waals surface area contributed by atoms with Crippen LogP contribution in [0, 0.1) is 0 Å². The number of aromatic nitrogens is 1. The Morgan fingerprint density at radius 2 is 1.96 bits per heavy atom. The Morgan fingerprint density at radius 3 is 2.62 bits per heavy atom. The minimum Gasteiger partial charge on any atom is -0.442 e. The number of hydrogen-bond donors (Lipinski definition) is 1. The van der Waals surface area contributed by atoms with E-state index in [1.807, 2.05) is 24.3 Å². The molecule has 1 aliphatic heterocycles. The second-order valence-electron chi connectivity index (χ2n) is 5.58. The summed E-state index contributed by atoms with van der Waals surface area (Å²) in [6.07, 6.45) is 3.32. The van der Waals surface area contributed by atoms with E-state index in [0.717, 1.165) is 12.1 Å². The summed E-state index contributed by atoms with van der Waals surface area (Å²) in [5.41, 5.74) is 2.55. The molecule has 2 heterocycles. The van der Waals surface area contributed by atoms with Crippen LogP contribution in [0.5, 0.6) is 0 Å². The first kappa shape index (κ1) is 16.0. The molecular formula is C18H19N3O3. The first-order valence-corrected chi connectivity index (χ1v) is 7.92. The van der Waals surface area contributed by atoms with E-state index >= 15 is 0 Å². The van der Waals surface area contributed by atoms with Crippen LogP contribution in [-0.4, -0.2) is 36.2 Å². The first-order valence-electron chi connectivity index (χ1n) is 7.92. The highest BCUT2D eigenvalue weighted by Gasteiger charge is 2.32. The lowest BCUT2D eigenvalue weighted by Gasteiger charge is -2.13. The van der Waals surface area contributed by atoms with E-state index in [0.29, 0.717) is 12.1 Å². The Hall–Kier alpha value is -2.89. The number of anilines is 1. The summed E-state index contributed by atoms with van der Waals surface area (Å²) in [7, 11) is 0. The van der Waals surface area contributed by atoms with Crippen LogP contribution in [-0.2, 0) is 11.2 Å². The van der Waals surface area contributed by atoms with Crippen molar-refractivity contribution in [3.05, 3.63) is 59.9 Å². The number of amides is 2. The highest BCUT2D eigenvalue weighted by atomic mass is 16.6. The molecule has 1 aliphatic rings. The van der Waals surface area contributed by atoms with E-state index in [2.05, 4.69) is 17.2 Å². The van der Waals surface area contributed by atoms with Crippen molar-refractivity contribution in [1.82, 2.24) is 10.3 Å². The number of rotatable bonds is 5. The van der Waals surface area contributed by atoms with Crippen molar-refractivity contribution in [3.8, 4) is 0 Å². The summed E-state index contributed by atoms with van der Waals surface area (Å²) in [5, 5.41) is 2.78. The highest BCUT2D eigenvalue weighted by Crippen LogP contribution is 2.22. The van der Waals surface area contributed by atoms with Crippen LogP contribution < -0.4 is 10.2 Å². The summed E-state index contributed by atoms with van der Waals surface area (Å²) < 4.78 is 5.33. The van der Waals surface area contributed by atoms with E-state index < -0.39 is 0 Å². The summed E-state index contributed by atoms with van der Waals surface area (Å²) in [4.78, 5) is 29.5. The van der Waals surface area contributed by atoms with Gasteiger partial charge in [0, 0.05) is 23.6 Å². The Balaban J connectivity index is 1.57. The van der Waals surface area contributed by atoms with Crippen LogP contribution in [0.15, 0.2) is 48.8 Å². The third-order valence-corrected chi connectivity index (χ3v) is 3.96. The third kappa shape index (κ3) is 3.53. The van der Waals surface area contributed by atoms with Gasteiger partial charge in [-0.25, -0.2) is 4.79 Å². The molecule has 6 nitrogen and oxygen atoms in total. The summed E-state index contributed by atoms with van der Waals surface area (Å²) in [5.74, 6) is -0.209. The van der Waals surface area contributed by atoms with Crippen molar-refractivity contribution in [2.45, 2.75) is 19.4 Å². The van der Waals surface area contributed by atoms with Gasteiger partial charge < -0.3 is 10.1 Å². The fraction of sp³-hybridized carbons (Fsp3) is 0.278. The number of cyclic esters (lactones) is 1. The number of benzene rings is 1. The summed E-state index contributed by atoms with van der Waals surface area (Å²) in [6, 6.07) is 11.1. The quantitative estimate of drug-likeness (QED) is 0.916. The highest BCUT2D eigenvalue weighted by molar-refractivity contribution is 5.94. The molecule has 0 bridgehead atoms. The van der Waals surface area contributed by atoms with Crippen molar-refractivity contribution in [1.29, 1.82) is 0 Å². The first-order chi connectivity index (χ1) is 11.7. The molecule has 1 fully saturated rings. The molecule has 124 valence electrons. The molecular weight excluding hydrogens is 306 g/mol. The molecule has 1 saturated heterocycles. The van der Waals surface area contributed by atoms with Crippen LogP contribution in [0.4, 0.5) is 10.5 Å². The van der Waals surface area contributed by atoms with Crippen LogP contribution in [0.25, 0.3) is 0 Å². The Kier molecular flexibility index (Phi) is 4.74. The van der Waals surface area contributed by atoms with Gasteiger partial charge in [0.1, 0.15) is 6.10 Å². The van der Waals surface area contributed by atoms with Gasteiger partial charge in [-0.2, -0.15) is 0 Å². The van der Waals surface area contributed by atoms with Crippen LogP contribution in [0.3, 0.4) is 0 Å². The van der Waals surface area contributed by atoms with E-state index in [1.165, 1.54) is 5.56 Å². The number of hydrogen-bond acceptors (Lipinski definition) is 4. The lowest BCUT2D eigenvalue weighted by molar-refractivity contribution is 0.0916. The number of carbonyl (C=O) groups is 2. The monoisotopic (exact) mass is 325 g/mol. The van der Waals surface area contributed by atoms with E-state index in [4.69, 9.17) is 4.74 Å². The topological polar surface area (TPSA) is 71.5 Å². The molecule has 0 saturated carbocycles. The average molecular weight is 325 g/mol.